The van der Waals surface area contributed by atoms with E-state index in [0.717, 1.165) is 6.07 Å². The fourth-order valence-electron chi connectivity index (χ4n) is 1.93. The highest BCUT2D eigenvalue weighted by Crippen LogP contribution is 2.30. The number of aromatic amines is 1. The van der Waals surface area contributed by atoms with Crippen LogP contribution in [0.2, 0.25) is 5.22 Å². The van der Waals surface area contributed by atoms with Gasteiger partial charge in [0, 0.05) is 12.3 Å². The minimum absolute atomic E-state index is 0.0304. The average molecular weight is 340 g/mol. The number of hydrogen-bond donors (Lipinski definition) is 2. The van der Waals surface area contributed by atoms with Gasteiger partial charge in [-0.15, -0.1) is 0 Å². The summed E-state index contributed by atoms with van der Waals surface area (Å²) in [6.07, 6.45) is 1.22. The van der Waals surface area contributed by atoms with E-state index in [-0.39, 0.29) is 26.9 Å². The van der Waals surface area contributed by atoms with Crippen molar-refractivity contribution in [2.24, 2.45) is 0 Å². The zero-order valence-corrected chi connectivity index (χ0v) is 12.3. The van der Waals surface area contributed by atoms with Crippen LogP contribution < -0.4 is 4.72 Å². The maximum Gasteiger partial charge on any atom is 0.267 e. The highest BCUT2D eigenvalue weighted by Gasteiger charge is 2.23. The van der Waals surface area contributed by atoms with Crippen LogP contribution in [0.5, 0.6) is 0 Å². The Morgan fingerprint density at radius 1 is 1.36 bits per heavy atom. The number of nitrogens with one attached hydrogen (secondary N) is 2. The quantitative estimate of drug-likeness (QED) is 0.765. The minimum Gasteiger partial charge on any atom is -0.442 e. The van der Waals surface area contributed by atoms with Gasteiger partial charge in [0.1, 0.15) is 10.7 Å². The number of H-pyrrole nitrogens is 1. The molecule has 2 heterocycles. The van der Waals surface area contributed by atoms with E-state index < -0.39 is 15.8 Å². The molecule has 0 radical (unpaired) electrons. The van der Waals surface area contributed by atoms with Gasteiger partial charge in [0.25, 0.3) is 10.0 Å². The van der Waals surface area contributed by atoms with Gasteiger partial charge in [0.2, 0.25) is 0 Å². The van der Waals surface area contributed by atoms with Crippen LogP contribution in [0, 0.1) is 17.1 Å². The molecule has 3 aromatic rings. The molecule has 2 aromatic heterocycles. The summed E-state index contributed by atoms with van der Waals surface area (Å²) in [6, 6.07) is 6.60. The Labute approximate surface area is 129 Å². The number of nitrogens with zero attached hydrogens (tertiary/aromatic N) is 1. The number of hydrogen-bond acceptors (Lipinski definition) is 4. The molecule has 0 bridgehead atoms. The molecular weight excluding hydrogens is 333 g/mol. The molecule has 0 fully saturated rings. The number of rotatable bonds is 3. The zero-order chi connectivity index (χ0) is 15.9. The van der Waals surface area contributed by atoms with Gasteiger partial charge < -0.3 is 9.40 Å². The minimum atomic E-state index is -4.08. The summed E-state index contributed by atoms with van der Waals surface area (Å²) in [5.74, 6) is -0.855. The molecule has 0 aliphatic carbocycles. The standard InChI is InChI=1S/C13H7ClFN3O3S/c14-12-4-10-13(21-12)11(6-17-10)22(19,20)18-9-2-1-7(5-16)3-8(9)15/h1-4,6,17-18H. The molecule has 9 heteroatoms. The smallest absolute Gasteiger partial charge is 0.267 e. The number of benzene rings is 1. The third-order valence-electron chi connectivity index (χ3n) is 2.92. The first-order chi connectivity index (χ1) is 10.4. The lowest BCUT2D eigenvalue weighted by atomic mass is 10.2. The second-order valence-corrected chi connectivity index (χ2v) is 6.38. The Kier molecular flexibility index (Phi) is 3.31. The van der Waals surface area contributed by atoms with Crippen molar-refractivity contribution in [3.8, 4) is 6.07 Å². The molecule has 0 unspecified atom stereocenters. The Hall–Kier alpha value is -2.50. The van der Waals surface area contributed by atoms with E-state index in [1.165, 1.54) is 24.4 Å². The number of anilines is 1. The number of nitriles is 1. The number of halogens is 2. The molecule has 0 amide bonds. The van der Waals surface area contributed by atoms with Crippen LogP contribution in [0.3, 0.4) is 0 Å². The Morgan fingerprint density at radius 2 is 2.14 bits per heavy atom. The van der Waals surface area contributed by atoms with Gasteiger partial charge >= 0.3 is 0 Å². The molecule has 6 nitrogen and oxygen atoms in total. The maximum atomic E-state index is 13.8. The van der Waals surface area contributed by atoms with Crippen molar-refractivity contribution in [3.05, 3.63) is 47.1 Å². The fourth-order valence-corrected chi connectivity index (χ4v) is 3.29. The predicted molar refractivity (Wildman–Crippen MR) is 77.5 cm³/mol. The van der Waals surface area contributed by atoms with Crippen molar-refractivity contribution in [2.75, 3.05) is 4.72 Å². The molecule has 0 atom stereocenters. The summed E-state index contributed by atoms with van der Waals surface area (Å²) >= 11 is 5.67. The van der Waals surface area contributed by atoms with Crippen LogP contribution in [0.15, 0.2) is 39.8 Å². The van der Waals surface area contributed by atoms with E-state index >= 15 is 0 Å². The maximum absolute atomic E-state index is 13.8. The predicted octanol–water partition coefficient (Wildman–Crippen LogP) is 3.23. The Balaban J connectivity index is 2.02. The largest absolute Gasteiger partial charge is 0.442 e. The monoisotopic (exact) mass is 339 g/mol. The molecule has 0 saturated heterocycles. The fraction of sp³-hybridized carbons (Fsp3) is 0. The Bertz CT molecular complexity index is 1020. The summed E-state index contributed by atoms with van der Waals surface area (Å²) < 4.78 is 45.7. The van der Waals surface area contributed by atoms with Crippen LogP contribution in [0.1, 0.15) is 5.56 Å². The van der Waals surface area contributed by atoms with Crippen LogP contribution in [0.4, 0.5) is 10.1 Å². The lowest BCUT2D eigenvalue weighted by Gasteiger charge is -2.07. The van der Waals surface area contributed by atoms with Crippen LogP contribution >= 0.6 is 11.6 Å². The highest BCUT2D eigenvalue weighted by molar-refractivity contribution is 7.93. The molecule has 0 saturated carbocycles. The second kappa shape index (κ2) is 5.05. The first-order valence-corrected chi connectivity index (χ1v) is 7.76. The van der Waals surface area contributed by atoms with Crippen molar-refractivity contribution >= 4 is 38.4 Å². The van der Waals surface area contributed by atoms with Crippen LogP contribution in [-0.2, 0) is 10.0 Å². The van der Waals surface area contributed by atoms with E-state index in [1.54, 1.807) is 6.07 Å². The summed E-state index contributed by atoms with van der Waals surface area (Å²) in [5.41, 5.74) is 0.269. The third kappa shape index (κ3) is 2.41. The van der Waals surface area contributed by atoms with Gasteiger partial charge in [-0.3, -0.25) is 4.72 Å². The molecular formula is C13H7ClFN3O3S. The van der Waals surface area contributed by atoms with Gasteiger partial charge in [-0.05, 0) is 29.8 Å². The molecule has 22 heavy (non-hydrogen) atoms. The molecule has 2 N–H and O–H groups in total. The number of sulfonamides is 1. The van der Waals surface area contributed by atoms with Gasteiger partial charge in [-0.2, -0.15) is 5.26 Å². The molecule has 0 spiro atoms. The van der Waals surface area contributed by atoms with Gasteiger partial charge in [0.15, 0.2) is 10.8 Å². The van der Waals surface area contributed by atoms with E-state index in [4.69, 9.17) is 21.3 Å². The van der Waals surface area contributed by atoms with E-state index in [1.807, 2.05) is 0 Å². The number of fused-ring (bicyclic) bond motifs is 1. The van der Waals surface area contributed by atoms with Crippen LogP contribution in [0.25, 0.3) is 11.1 Å². The zero-order valence-electron chi connectivity index (χ0n) is 10.7. The third-order valence-corrected chi connectivity index (χ3v) is 4.47. The Morgan fingerprint density at radius 3 is 2.82 bits per heavy atom. The van der Waals surface area contributed by atoms with E-state index in [0.29, 0.717) is 5.52 Å². The van der Waals surface area contributed by atoms with Gasteiger partial charge in [-0.25, -0.2) is 12.8 Å². The van der Waals surface area contributed by atoms with Crippen molar-refractivity contribution in [2.45, 2.75) is 4.90 Å². The first-order valence-electron chi connectivity index (χ1n) is 5.89. The summed E-state index contributed by atoms with van der Waals surface area (Å²) in [6.45, 7) is 0. The SMILES string of the molecule is N#Cc1ccc(NS(=O)(=O)c2c[nH]c3cc(Cl)oc23)c(F)c1. The number of aromatic nitrogens is 1. The lowest BCUT2D eigenvalue weighted by molar-refractivity contribution is 0.588. The summed E-state index contributed by atoms with van der Waals surface area (Å²) in [4.78, 5) is 2.50. The van der Waals surface area contributed by atoms with E-state index in [2.05, 4.69) is 9.71 Å². The van der Waals surface area contributed by atoms with Crippen molar-refractivity contribution in [1.82, 2.24) is 4.98 Å². The molecule has 0 aliphatic heterocycles. The first kappa shape index (κ1) is 14.4. The van der Waals surface area contributed by atoms with Crippen molar-refractivity contribution < 1.29 is 17.2 Å². The number of furan rings is 1. The molecule has 112 valence electrons. The molecule has 0 aliphatic rings. The summed E-state index contributed by atoms with van der Waals surface area (Å²) in [5, 5.41) is 8.70. The van der Waals surface area contributed by atoms with Gasteiger partial charge in [0.05, 0.1) is 22.8 Å². The molecule has 3 rings (SSSR count). The second-order valence-electron chi connectivity index (χ2n) is 4.36. The average Bonchev–Trinajstić information content (AvgIpc) is 2.99. The van der Waals surface area contributed by atoms with Crippen molar-refractivity contribution in [3.63, 3.8) is 0 Å². The highest BCUT2D eigenvalue weighted by atomic mass is 35.5. The topological polar surface area (TPSA) is 98.9 Å². The molecule has 1 aromatic carbocycles. The summed E-state index contributed by atoms with van der Waals surface area (Å²) in [7, 11) is -4.08. The van der Waals surface area contributed by atoms with Gasteiger partial charge in [-0.1, -0.05) is 0 Å². The van der Waals surface area contributed by atoms with Crippen molar-refractivity contribution in [1.29, 1.82) is 5.26 Å². The lowest BCUT2D eigenvalue weighted by Crippen LogP contribution is -2.13. The van der Waals surface area contributed by atoms with E-state index in [9.17, 15) is 12.8 Å². The normalized spacial score (nSPS) is 11.5. The van der Waals surface area contributed by atoms with Crippen LogP contribution in [-0.4, -0.2) is 13.4 Å².